The van der Waals surface area contributed by atoms with Crippen LogP contribution in [0.4, 0.5) is 4.79 Å². The fourth-order valence-electron chi connectivity index (χ4n) is 3.38. The van der Waals surface area contributed by atoms with Crippen molar-refractivity contribution in [3.05, 3.63) is 0 Å². The maximum atomic E-state index is 12.6. The summed E-state index contributed by atoms with van der Waals surface area (Å²) >= 11 is 1.84. The van der Waals surface area contributed by atoms with Crippen LogP contribution in [0.25, 0.3) is 0 Å². The third kappa shape index (κ3) is 9.45. The van der Waals surface area contributed by atoms with Crippen molar-refractivity contribution in [3.63, 3.8) is 0 Å². The van der Waals surface area contributed by atoms with Gasteiger partial charge in [-0.3, -0.25) is 4.79 Å². The minimum atomic E-state index is -3.19. The van der Waals surface area contributed by atoms with E-state index < -0.39 is 17.7 Å². The number of hydrogen-bond donors (Lipinski definition) is 2. The van der Waals surface area contributed by atoms with Gasteiger partial charge in [-0.05, 0) is 34.4 Å². The summed E-state index contributed by atoms with van der Waals surface area (Å²) in [6.45, 7) is 0.529. The molecule has 0 saturated carbocycles. The number of fused-ring (bicyclic) bond motifs is 1. The number of carbonyl (C=O) groups excluding carboxylic acids is 2. The zero-order chi connectivity index (χ0) is 22.4. The van der Waals surface area contributed by atoms with Crippen LogP contribution in [0.3, 0.4) is 0 Å². The fraction of sp³-hybridized carbons (Fsp3) is 0.875. The summed E-state index contributed by atoms with van der Waals surface area (Å²) in [5, 5.41) is 6.21. The zero-order valence-electron chi connectivity index (χ0n) is 17.0. The summed E-state index contributed by atoms with van der Waals surface area (Å²) in [6, 6.07) is 0.222. The van der Waals surface area contributed by atoms with Crippen molar-refractivity contribution in [3.8, 4) is 0 Å². The standard InChI is InChI=1S/C16H29N3O6S5/c1-29(22,23)27-9-7-19(8-10-28-30(2,24)25)14(20)6-4-3-5-13-15-12(11-26-13)17-16(21)18-15/h12-13,15H,3-11H2,1-2H3,(H2,17,18,21)/t12?,13-,15?/m0/s1. The van der Waals surface area contributed by atoms with E-state index in [1.54, 1.807) is 4.90 Å². The van der Waals surface area contributed by atoms with Crippen LogP contribution in [0.5, 0.6) is 0 Å². The molecule has 2 N–H and O–H groups in total. The second-order valence-electron chi connectivity index (χ2n) is 7.30. The number of urea groups is 1. The lowest BCUT2D eigenvalue weighted by Crippen LogP contribution is -2.37. The first-order chi connectivity index (χ1) is 13.9. The summed E-state index contributed by atoms with van der Waals surface area (Å²) < 4.78 is 45.2. The molecule has 3 amide bonds. The number of thioether (sulfide) groups is 1. The third-order valence-electron chi connectivity index (χ3n) is 4.74. The average Bonchev–Trinajstić information content (AvgIpc) is 3.14. The van der Waals surface area contributed by atoms with Crippen LogP contribution in [-0.2, 0) is 22.5 Å². The van der Waals surface area contributed by atoms with Gasteiger partial charge >= 0.3 is 6.03 Å². The first kappa shape index (κ1) is 25.9. The van der Waals surface area contributed by atoms with Crippen LogP contribution >= 0.6 is 33.3 Å². The molecule has 9 nitrogen and oxygen atoms in total. The van der Waals surface area contributed by atoms with Crippen molar-refractivity contribution in [1.82, 2.24) is 15.5 Å². The molecule has 2 fully saturated rings. The van der Waals surface area contributed by atoms with Crippen molar-refractivity contribution in [1.29, 1.82) is 0 Å². The van der Waals surface area contributed by atoms with Gasteiger partial charge in [0.2, 0.25) is 5.91 Å². The Morgan fingerprint density at radius 1 is 1.07 bits per heavy atom. The summed E-state index contributed by atoms with van der Waals surface area (Å²) in [5.41, 5.74) is 0. The average molecular weight is 520 g/mol. The Labute approximate surface area is 190 Å². The highest BCUT2D eigenvalue weighted by molar-refractivity contribution is 8.72. The number of hydrogen-bond acceptors (Lipinski definition) is 9. The topological polar surface area (TPSA) is 130 Å². The van der Waals surface area contributed by atoms with Crippen LogP contribution in [-0.4, -0.2) is 93.9 Å². The molecular weight excluding hydrogens is 491 g/mol. The molecule has 2 unspecified atom stereocenters. The number of carbonyl (C=O) groups is 2. The summed E-state index contributed by atoms with van der Waals surface area (Å²) in [5.74, 6) is 1.31. The van der Waals surface area contributed by atoms with E-state index in [1.807, 2.05) is 11.8 Å². The first-order valence-corrected chi connectivity index (χ1v) is 17.4. The lowest BCUT2D eigenvalue weighted by molar-refractivity contribution is -0.130. The van der Waals surface area contributed by atoms with Crippen LogP contribution in [0, 0.1) is 0 Å². The van der Waals surface area contributed by atoms with Gasteiger partial charge in [-0.15, -0.1) is 0 Å². The fourth-order valence-corrected chi connectivity index (χ4v) is 8.38. The van der Waals surface area contributed by atoms with Gasteiger partial charge in [-0.25, -0.2) is 21.6 Å². The quantitative estimate of drug-likeness (QED) is 0.207. The van der Waals surface area contributed by atoms with E-state index in [2.05, 4.69) is 10.6 Å². The highest BCUT2D eigenvalue weighted by Crippen LogP contribution is 2.33. The van der Waals surface area contributed by atoms with E-state index in [1.165, 1.54) is 0 Å². The highest BCUT2D eigenvalue weighted by atomic mass is 33.1. The minimum Gasteiger partial charge on any atom is -0.341 e. The Morgan fingerprint density at radius 3 is 2.23 bits per heavy atom. The SMILES string of the molecule is CS(=O)(=O)SCCN(CCSS(C)(=O)=O)C(=O)CCCC[C@@H]1SCC2NC(=O)NC21. The Kier molecular flexibility index (Phi) is 9.97. The molecule has 0 aliphatic carbocycles. The van der Waals surface area contributed by atoms with Gasteiger partial charge in [-0.2, -0.15) is 11.8 Å². The lowest BCUT2D eigenvalue weighted by Gasteiger charge is -2.22. The molecule has 2 aliphatic rings. The number of nitrogens with one attached hydrogen (secondary N) is 2. The molecule has 2 heterocycles. The van der Waals surface area contributed by atoms with Crippen LogP contribution < -0.4 is 10.6 Å². The van der Waals surface area contributed by atoms with Crippen LogP contribution in [0.2, 0.25) is 0 Å². The molecule has 30 heavy (non-hydrogen) atoms. The number of nitrogens with zero attached hydrogens (tertiary/aromatic N) is 1. The molecule has 0 aromatic heterocycles. The van der Waals surface area contributed by atoms with Gasteiger partial charge in [0.25, 0.3) is 0 Å². The minimum absolute atomic E-state index is 0.0917. The summed E-state index contributed by atoms with van der Waals surface area (Å²) in [4.78, 5) is 25.6. The van der Waals surface area contributed by atoms with Crippen molar-refractivity contribution < 1.29 is 26.4 Å². The monoisotopic (exact) mass is 519 g/mol. The van der Waals surface area contributed by atoms with Gasteiger partial charge in [0.1, 0.15) is 0 Å². The molecule has 14 heteroatoms. The molecular formula is C16H29N3O6S5. The molecule has 2 rings (SSSR count). The molecule has 0 aromatic rings. The Morgan fingerprint density at radius 2 is 1.67 bits per heavy atom. The molecule has 174 valence electrons. The molecule has 2 saturated heterocycles. The van der Waals surface area contributed by atoms with Crippen molar-refractivity contribution in [2.45, 2.75) is 43.0 Å². The third-order valence-corrected chi connectivity index (χ3v) is 11.4. The lowest BCUT2D eigenvalue weighted by atomic mass is 10.0. The van der Waals surface area contributed by atoms with E-state index in [0.29, 0.717) is 18.1 Å². The predicted molar refractivity (Wildman–Crippen MR) is 125 cm³/mol. The van der Waals surface area contributed by atoms with E-state index in [0.717, 1.165) is 52.7 Å². The zero-order valence-corrected chi connectivity index (χ0v) is 21.1. The van der Waals surface area contributed by atoms with Crippen LogP contribution in [0.15, 0.2) is 0 Å². The maximum Gasteiger partial charge on any atom is 0.315 e. The van der Waals surface area contributed by atoms with Gasteiger partial charge in [-0.1, -0.05) is 6.42 Å². The Hall–Kier alpha value is -0.310. The predicted octanol–water partition coefficient (Wildman–Crippen LogP) is 0.926. The van der Waals surface area contributed by atoms with Crippen molar-refractivity contribution in [2.75, 3.05) is 42.9 Å². The van der Waals surface area contributed by atoms with Gasteiger partial charge in [0.05, 0.1) is 12.1 Å². The highest BCUT2D eigenvalue weighted by Gasteiger charge is 2.42. The van der Waals surface area contributed by atoms with E-state index >= 15 is 0 Å². The summed E-state index contributed by atoms with van der Waals surface area (Å²) in [6.07, 6.45) is 5.04. The van der Waals surface area contributed by atoms with Crippen molar-refractivity contribution >= 4 is 63.0 Å². The smallest absolute Gasteiger partial charge is 0.315 e. The molecule has 0 radical (unpaired) electrons. The first-order valence-electron chi connectivity index (χ1n) is 9.60. The van der Waals surface area contributed by atoms with Gasteiger partial charge in [0.15, 0.2) is 17.7 Å². The summed E-state index contributed by atoms with van der Waals surface area (Å²) in [7, 11) is -4.82. The largest absolute Gasteiger partial charge is 0.341 e. The Balaban J connectivity index is 1.75. The van der Waals surface area contributed by atoms with E-state index in [9.17, 15) is 26.4 Å². The molecule has 0 spiro atoms. The second kappa shape index (κ2) is 11.5. The number of unbranched alkanes of at least 4 members (excludes halogenated alkanes) is 1. The van der Waals surface area contributed by atoms with Crippen LogP contribution in [0.1, 0.15) is 25.7 Å². The molecule has 2 aliphatic heterocycles. The van der Waals surface area contributed by atoms with Gasteiger partial charge < -0.3 is 15.5 Å². The maximum absolute atomic E-state index is 12.6. The van der Waals surface area contributed by atoms with E-state index in [-0.39, 0.29) is 48.6 Å². The van der Waals surface area contributed by atoms with E-state index in [4.69, 9.17) is 0 Å². The Bertz CT molecular complexity index is 781. The van der Waals surface area contributed by atoms with Crippen molar-refractivity contribution in [2.24, 2.45) is 0 Å². The van der Waals surface area contributed by atoms with Gasteiger partial charge in [0, 0.05) is 54.5 Å². The molecule has 0 bridgehead atoms. The normalized spacial score (nSPS) is 23.7. The molecule has 0 aromatic carbocycles. The second-order valence-corrected chi connectivity index (χ2v) is 17.7. The number of amides is 3. The number of rotatable bonds is 13. The molecule has 3 atom stereocenters.